The van der Waals surface area contributed by atoms with Crippen molar-refractivity contribution in [2.45, 2.75) is 51.1 Å². The monoisotopic (exact) mass is 449 g/mol. The van der Waals surface area contributed by atoms with Crippen molar-refractivity contribution in [1.82, 2.24) is 16.0 Å². The van der Waals surface area contributed by atoms with Crippen molar-refractivity contribution in [1.29, 1.82) is 0 Å². The number of unbranched alkanes of at least 4 members (excludes halogenated alkanes) is 1. The van der Waals surface area contributed by atoms with E-state index in [9.17, 15) is 24.0 Å². The largest absolute Gasteiger partial charge is 0.481 e. The third-order valence-corrected chi connectivity index (χ3v) is 4.57. The summed E-state index contributed by atoms with van der Waals surface area (Å²) in [5.74, 6) is -2.84. The van der Waals surface area contributed by atoms with Crippen molar-refractivity contribution in [3.63, 3.8) is 0 Å². The van der Waals surface area contributed by atoms with Crippen LogP contribution in [-0.2, 0) is 19.2 Å². The smallest absolute Gasteiger partial charge is 0.303 e. The molecule has 4 amide bonds. The van der Waals surface area contributed by atoms with E-state index in [4.69, 9.17) is 10.8 Å². The van der Waals surface area contributed by atoms with E-state index < -0.39 is 29.9 Å². The van der Waals surface area contributed by atoms with Gasteiger partial charge >= 0.3 is 5.97 Å². The summed E-state index contributed by atoms with van der Waals surface area (Å²) in [4.78, 5) is 59.0. The molecule has 0 fully saturated rings. The number of likely N-dealkylation sites (N-methyl/N-ethyl adjacent to an activating group) is 1. The molecule has 0 saturated heterocycles. The molecule has 0 unspecified atom stereocenters. The Bertz CT molecular complexity index is 811. The first kappa shape index (κ1) is 26.6. The Balaban J connectivity index is 2.77. The third kappa shape index (κ3) is 9.56. The standard InChI is InChI=1S/C21H31N5O6/c1-13(27)24-16(5-3-4-12-22)21(32)25-15-8-6-14(7-9-15)19(30)26-17(20(31)23-2)10-11-18(28)29/h6-9,16-17H,3-5,10-12,22H2,1-2H3,(H,23,31)(H,24,27)(H,25,32)(H,26,30)(H,28,29)/t16-,17-/m0/s1. The van der Waals surface area contributed by atoms with Crippen LogP contribution in [0.25, 0.3) is 0 Å². The Morgan fingerprint density at radius 1 is 0.938 bits per heavy atom. The summed E-state index contributed by atoms with van der Waals surface area (Å²) in [6.07, 6.45) is 1.53. The number of amides is 4. The number of aliphatic carboxylic acids is 1. The molecule has 1 aromatic carbocycles. The van der Waals surface area contributed by atoms with Crippen LogP contribution in [0.5, 0.6) is 0 Å². The molecule has 1 rings (SSSR count). The highest BCUT2D eigenvalue weighted by Crippen LogP contribution is 2.12. The van der Waals surface area contributed by atoms with Crippen molar-refractivity contribution in [3.8, 4) is 0 Å². The Morgan fingerprint density at radius 3 is 2.09 bits per heavy atom. The molecule has 11 nitrogen and oxygen atoms in total. The molecule has 7 N–H and O–H groups in total. The topological polar surface area (TPSA) is 180 Å². The van der Waals surface area contributed by atoms with E-state index in [-0.39, 0.29) is 30.2 Å². The first-order chi connectivity index (χ1) is 15.2. The van der Waals surface area contributed by atoms with Crippen LogP contribution in [0.4, 0.5) is 5.69 Å². The van der Waals surface area contributed by atoms with Gasteiger partial charge in [0.2, 0.25) is 17.7 Å². The van der Waals surface area contributed by atoms with Gasteiger partial charge in [0.1, 0.15) is 12.1 Å². The molecule has 11 heteroatoms. The van der Waals surface area contributed by atoms with Crippen molar-refractivity contribution >= 4 is 35.3 Å². The number of carbonyl (C=O) groups is 5. The maximum Gasteiger partial charge on any atom is 0.303 e. The summed E-state index contributed by atoms with van der Waals surface area (Å²) in [7, 11) is 1.39. The summed E-state index contributed by atoms with van der Waals surface area (Å²) in [6, 6.07) is 4.27. The van der Waals surface area contributed by atoms with Gasteiger partial charge in [-0.1, -0.05) is 0 Å². The average Bonchev–Trinajstić information content (AvgIpc) is 2.75. The fourth-order valence-corrected chi connectivity index (χ4v) is 2.89. The van der Waals surface area contributed by atoms with Crippen LogP contribution in [0, 0.1) is 0 Å². The van der Waals surface area contributed by atoms with Crippen LogP contribution in [0.1, 0.15) is 49.4 Å². The number of carbonyl (C=O) groups excluding carboxylic acids is 4. The van der Waals surface area contributed by atoms with Gasteiger partial charge in [0.25, 0.3) is 5.91 Å². The molecule has 0 aromatic heterocycles. The number of carboxylic acids is 1. The number of benzene rings is 1. The van der Waals surface area contributed by atoms with E-state index in [1.165, 1.54) is 38.2 Å². The van der Waals surface area contributed by atoms with Gasteiger partial charge in [0.15, 0.2) is 0 Å². The molecule has 0 aliphatic heterocycles. The van der Waals surface area contributed by atoms with Crippen LogP contribution in [0.2, 0.25) is 0 Å². The van der Waals surface area contributed by atoms with Crippen LogP contribution >= 0.6 is 0 Å². The molecular weight excluding hydrogens is 418 g/mol. The number of rotatable bonds is 13. The highest BCUT2D eigenvalue weighted by atomic mass is 16.4. The quantitative estimate of drug-likeness (QED) is 0.229. The van der Waals surface area contributed by atoms with Crippen molar-refractivity contribution in [2.75, 3.05) is 18.9 Å². The Hall–Kier alpha value is -3.47. The molecule has 0 aliphatic carbocycles. The molecule has 32 heavy (non-hydrogen) atoms. The lowest BCUT2D eigenvalue weighted by Crippen LogP contribution is -2.46. The minimum absolute atomic E-state index is 0.0520. The highest BCUT2D eigenvalue weighted by molar-refractivity contribution is 5.99. The molecule has 0 saturated carbocycles. The second-order valence-corrected chi connectivity index (χ2v) is 7.18. The summed E-state index contributed by atoms with van der Waals surface area (Å²) < 4.78 is 0. The SMILES string of the molecule is CNC(=O)[C@H](CCC(=O)O)NC(=O)c1ccc(NC(=O)[C@H](CCCCN)NC(C)=O)cc1. The van der Waals surface area contributed by atoms with Gasteiger partial charge in [0.05, 0.1) is 0 Å². The minimum atomic E-state index is -1.08. The average molecular weight is 450 g/mol. The zero-order chi connectivity index (χ0) is 24.1. The lowest BCUT2D eigenvalue weighted by atomic mass is 10.1. The number of nitrogens with one attached hydrogen (secondary N) is 4. The van der Waals surface area contributed by atoms with Gasteiger partial charge in [-0.15, -0.1) is 0 Å². The molecule has 1 aromatic rings. The van der Waals surface area contributed by atoms with Gasteiger partial charge in [-0.2, -0.15) is 0 Å². The number of nitrogens with two attached hydrogens (primary N) is 1. The molecule has 2 atom stereocenters. The number of hydrogen-bond donors (Lipinski definition) is 6. The van der Waals surface area contributed by atoms with Gasteiger partial charge in [-0.3, -0.25) is 24.0 Å². The molecule has 0 radical (unpaired) electrons. The van der Waals surface area contributed by atoms with E-state index in [1.54, 1.807) is 0 Å². The van der Waals surface area contributed by atoms with Crippen molar-refractivity contribution in [2.24, 2.45) is 5.73 Å². The number of carboxylic acid groups (broad SMARTS) is 1. The van der Waals surface area contributed by atoms with Crippen LogP contribution in [0.15, 0.2) is 24.3 Å². The number of hydrogen-bond acceptors (Lipinski definition) is 6. The Morgan fingerprint density at radius 2 is 1.56 bits per heavy atom. The summed E-state index contributed by atoms with van der Waals surface area (Å²) in [6.45, 7) is 1.83. The Labute approximate surface area is 186 Å². The molecule has 0 heterocycles. The minimum Gasteiger partial charge on any atom is -0.481 e. The summed E-state index contributed by atoms with van der Waals surface area (Å²) in [5.41, 5.74) is 6.13. The molecule has 176 valence electrons. The second kappa shape index (κ2) is 13.8. The fourth-order valence-electron chi connectivity index (χ4n) is 2.89. The number of anilines is 1. The molecule has 0 aliphatic rings. The van der Waals surface area contributed by atoms with Gasteiger partial charge < -0.3 is 32.1 Å². The van der Waals surface area contributed by atoms with E-state index in [0.29, 0.717) is 25.1 Å². The molecule has 0 spiro atoms. The van der Waals surface area contributed by atoms with Crippen molar-refractivity contribution < 1.29 is 29.1 Å². The first-order valence-corrected chi connectivity index (χ1v) is 10.3. The predicted octanol–water partition coefficient (Wildman–Crippen LogP) is -0.0320. The Kier molecular flexibility index (Phi) is 11.4. The summed E-state index contributed by atoms with van der Waals surface area (Å²) in [5, 5.41) is 19.0. The molecule has 0 bridgehead atoms. The maximum atomic E-state index is 12.5. The van der Waals surface area contributed by atoms with E-state index in [2.05, 4.69) is 21.3 Å². The first-order valence-electron chi connectivity index (χ1n) is 10.3. The maximum absolute atomic E-state index is 12.5. The van der Waals surface area contributed by atoms with Crippen molar-refractivity contribution in [3.05, 3.63) is 29.8 Å². The van der Waals surface area contributed by atoms with Gasteiger partial charge in [-0.25, -0.2) is 0 Å². The van der Waals surface area contributed by atoms with E-state index >= 15 is 0 Å². The van der Waals surface area contributed by atoms with Gasteiger partial charge in [0, 0.05) is 31.6 Å². The van der Waals surface area contributed by atoms with Gasteiger partial charge in [-0.05, 0) is 56.5 Å². The predicted molar refractivity (Wildman–Crippen MR) is 118 cm³/mol. The summed E-state index contributed by atoms with van der Waals surface area (Å²) >= 11 is 0. The zero-order valence-corrected chi connectivity index (χ0v) is 18.3. The van der Waals surface area contributed by atoms with Crippen LogP contribution in [0.3, 0.4) is 0 Å². The highest BCUT2D eigenvalue weighted by Gasteiger charge is 2.22. The lowest BCUT2D eigenvalue weighted by Gasteiger charge is -2.18. The van der Waals surface area contributed by atoms with Crippen LogP contribution in [-0.4, -0.2) is 60.4 Å². The zero-order valence-electron chi connectivity index (χ0n) is 18.3. The van der Waals surface area contributed by atoms with Crippen LogP contribution < -0.4 is 27.0 Å². The normalized spacial score (nSPS) is 12.2. The lowest BCUT2D eigenvalue weighted by molar-refractivity contribution is -0.137. The van der Waals surface area contributed by atoms with E-state index in [1.807, 2.05) is 0 Å². The molecular formula is C21H31N5O6. The fraction of sp³-hybridized carbons (Fsp3) is 0.476. The second-order valence-electron chi connectivity index (χ2n) is 7.18. The van der Waals surface area contributed by atoms with E-state index in [0.717, 1.165) is 6.42 Å². The third-order valence-electron chi connectivity index (χ3n) is 4.57.